The van der Waals surface area contributed by atoms with Gasteiger partial charge in [0.2, 0.25) is 0 Å². The van der Waals surface area contributed by atoms with Crippen LogP contribution in [0.3, 0.4) is 0 Å². The molecule has 2 aromatic heterocycles. The highest BCUT2D eigenvalue weighted by molar-refractivity contribution is 7.22. The SMILES string of the molecule is O=C(N[C@@H]1C[C@H]2CC[C@@H]1N2)c1cc2sc(N3CCOCC3)cc2cn1. The molecule has 3 aliphatic rings. The van der Waals surface area contributed by atoms with Gasteiger partial charge in [-0.05, 0) is 31.4 Å². The number of aromatic nitrogens is 1. The Morgan fingerprint density at radius 2 is 2.20 bits per heavy atom. The van der Waals surface area contributed by atoms with Crippen molar-refractivity contribution >= 4 is 32.3 Å². The van der Waals surface area contributed by atoms with Gasteiger partial charge in [-0.2, -0.15) is 0 Å². The molecule has 132 valence electrons. The number of ether oxygens (including phenoxy) is 1. The fourth-order valence-corrected chi connectivity index (χ4v) is 5.33. The molecule has 3 saturated heterocycles. The van der Waals surface area contributed by atoms with Crippen LogP contribution in [0.25, 0.3) is 10.1 Å². The number of pyridine rings is 1. The van der Waals surface area contributed by atoms with Gasteiger partial charge < -0.3 is 20.3 Å². The number of carbonyl (C=O) groups is 1. The van der Waals surface area contributed by atoms with E-state index in [9.17, 15) is 4.79 Å². The first-order valence-electron chi connectivity index (χ1n) is 9.05. The van der Waals surface area contributed by atoms with Crippen molar-refractivity contribution < 1.29 is 9.53 Å². The minimum absolute atomic E-state index is 0.0532. The molecule has 0 unspecified atom stereocenters. The van der Waals surface area contributed by atoms with Gasteiger partial charge in [0.1, 0.15) is 5.69 Å². The molecule has 3 fully saturated rings. The van der Waals surface area contributed by atoms with E-state index in [1.54, 1.807) is 11.3 Å². The van der Waals surface area contributed by atoms with Gasteiger partial charge in [-0.3, -0.25) is 9.78 Å². The van der Waals surface area contributed by atoms with Crippen LogP contribution in [0.1, 0.15) is 29.8 Å². The van der Waals surface area contributed by atoms with E-state index in [0.29, 0.717) is 17.8 Å². The second kappa shape index (κ2) is 6.23. The smallest absolute Gasteiger partial charge is 0.270 e. The first kappa shape index (κ1) is 15.5. The number of fused-ring (bicyclic) bond motifs is 3. The van der Waals surface area contributed by atoms with Gasteiger partial charge >= 0.3 is 0 Å². The number of nitrogens with one attached hydrogen (secondary N) is 2. The molecule has 6 nitrogen and oxygen atoms in total. The highest BCUT2D eigenvalue weighted by atomic mass is 32.1. The molecule has 0 aliphatic carbocycles. The molecule has 1 amide bonds. The van der Waals surface area contributed by atoms with Gasteiger partial charge in [0, 0.05) is 47.5 Å². The van der Waals surface area contributed by atoms with Crippen molar-refractivity contribution in [3.63, 3.8) is 0 Å². The highest BCUT2D eigenvalue weighted by Gasteiger charge is 2.39. The summed E-state index contributed by atoms with van der Waals surface area (Å²) in [7, 11) is 0. The molecule has 7 heteroatoms. The second-order valence-corrected chi connectivity index (χ2v) is 8.22. The summed E-state index contributed by atoms with van der Waals surface area (Å²) in [6.07, 6.45) is 5.26. The molecule has 3 atom stereocenters. The van der Waals surface area contributed by atoms with Crippen LogP contribution in [0.4, 0.5) is 5.00 Å². The molecule has 5 rings (SSSR count). The number of hydrogen-bond donors (Lipinski definition) is 2. The van der Waals surface area contributed by atoms with E-state index in [1.807, 2.05) is 12.3 Å². The van der Waals surface area contributed by atoms with E-state index in [2.05, 4.69) is 26.6 Å². The average molecular weight is 358 g/mol. The van der Waals surface area contributed by atoms with Crippen LogP contribution in [-0.2, 0) is 4.74 Å². The monoisotopic (exact) mass is 358 g/mol. The van der Waals surface area contributed by atoms with Crippen LogP contribution in [0.2, 0.25) is 0 Å². The number of amides is 1. The molecular formula is C18H22N4O2S. The molecule has 3 aliphatic heterocycles. The summed E-state index contributed by atoms with van der Waals surface area (Å²) in [6.45, 7) is 3.39. The Hall–Kier alpha value is -1.70. The lowest BCUT2D eigenvalue weighted by molar-refractivity contribution is 0.0926. The first-order chi connectivity index (χ1) is 12.3. The topological polar surface area (TPSA) is 66.5 Å². The van der Waals surface area contributed by atoms with Crippen LogP contribution in [0.15, 0.2) is 18.3 Å². The Kier molecular flexibility index (Phi) is 3.87. The number of hydrogen-bond acceptors (Lipinski definition) is 6. The summed E-state index contributed by atoms with van der Waals surface area (Å²) in [4.78, 5) is 19.3. The van der Waals surface area contributed by atoms with Crippen LogP contribution in [0, 0.1) is 0 Å². The zero-order chi connectivity index (χ0) is 16.8. The van der Waals surface area contributed by atoms with Crippen LogP contribution < -0.4 is 15.5 Å². The molecule has 0 aromatic carbocycles. The van der Waals surface area contributed by atoms with Crippen molar-refractivity contribution in [3.8, 4) is 0 Å². The van der Waals surface area contributed by atoms with Crippen molar-refractivity contribution in [1.29, 1.82) is 0 Å². The Bertz CT molecular complexity index is 801. The Labute approximate surface area is 150 Å². The van der Waals surface area contributed by atoms with E-state index >= 15 is 0 Å². The standard InChI is InChI=1S/C18H22N4O2S/c23-18(21-14-8-12-1-2-13(14)20-12)15-9-16-11(10-19-15)7-17(25-16)22-3-5-24-6-4-22/h7,9-10,12-14,20H,1-6,8H2,(H,21,23)/t12-,13+,14-/m1/s1. The zero-order valence-electron chi connectivity index (χ0n) is 14.0. The van der Waals surface area contributed by atoms with Gasteiger partial charge in [-0.1, -0.05) is 0 Å². The van der Waals surface area contributed by atoms with Gasteiger partial charge in [0.05, 0.1) is 18.2 Å². The Balaban J connectivity index is 1.34. The lowest BCUT2D eigenvalue weighted by Crippen LogP contribution is -2.43. The predicted octanol–water partition coefficient (Wildman–Crippen LogP) is 1.76. The summed E-state index contributed by atoms with van der Waals surface area (Å²) in [6, 6.07) is 5.36. The number of rotatable bonds is 3. The van der Waals surface area contributed by atoms with Crippen LogP contribution in [0.5, 0.6) is 0 Å². The largest absolute Gasteiger partial charge is 0.378 e. The van der Waals surface area contributed by atoms with Crippen molar-refractivity contribution in [2.75, 3.05) is 31.2 Å². The minimum atomic E-state index is -0.0532. The van der Waals surface area contributed by atoms with E-state index in [4.69, 9.17) is 4.74 Å². The molecular weight excluding hydrogens is 336 g/mol. The van der Waals surface area contributed by atoms with E-state index < -0.39 is 0 Å². The minimum Gasteiger partial charge on any atom is -0.378 e. The molecule has 0 spiro atoms. The second-order valence-electron chi connectivity index (χ2n) is 7.15. The average Bonchev–Trinajstić information content (AvgIpc) is 3.36. The molecule has 0 radical (unpaired) electrons. The van der Waals surface area contributed by atoms with Gasteiger partial charge in [-0.15, -0.1) is 11.3 Å². The number of nitrogens with zero attached hydrogens (tertiary/aromatic N) is 2. The van der Waals surface area contributed by atoms with Crippen LogP contribution >= 0.6 is 11.3 Å². The third-order valence-corrected chi connectivity index (χ3v) is 6.72. The quantitative estimate of drug-likeness (QED) is 0.875. The van der Waals surface area contributed by atoms with E-state index in [0.717, 1.165) is 49.2 Å². The summed E-state index contributed by atoms with van der Waals surface area (Å²) < 4.78 is 6.54. The zero-order valence-corrected chi connectivity index (χ0v) is 14.8. The number of carbonyl (C=O) groups excluding carboxylic acids is 1. The molecule has 25 heavy (non-hydrogen) atoms. The Morgan fingerprint density at radius 1 is 1.32 bits per heavy atom. The normalized spacial score (nSPS) is 28.6. The Morgan fingerprint density at radius 3 is 2.96 bits per heavy atom. The maximum Gasteiger partial charge on any atom is 0.270 e. The lowest BCUT2D eigenvalue weighted by Gasteiger charge is -2.27. The summed E-state index contributed by atoms with van der Waals surface area (Å²) in [5, 5.41) is 9.06. The number of anilines is 1. The van der Waals surface area contributed by atoms with E-state index in [1.165, 1.54) is 11.4 Å². The summed E-state index contributed by atoms with van der Waals surface area (Å²) >= 11 is 1.73. The number of thiophene rings is 1. The van der Waals surface area contributed by atoms with Gasteiger partial charge in [0.15, 0.2) is 0 Å². The molecule has 5 heterocycles. The van der Waals surface area contributed by atoms with E-state index in [-0.39, 0.29) is 11.9 Å². The predicted molar refractivity (Wildman–Crippen MR) is 98.5 cm³/mol. The highest BCUT2D eigenvalue weighted by Crippen LogP contribution is 2.33. The third-order valence-electron chi connectivity index (χ3n) is 5.56. The van der Waals surface area contributed by atoms with Crippen molar-refractivity contribution in [2.45, 2.75) is 37.4 Å². The molecule has 2 N–H and O–H groups in total. The van der Waals surface area contributed by atoms with Crippen LogP contribution in [-0.4, -0.2) is 55.3 Å². The van der Waals surface area contributed by atoms with Gasteiger partial charge in [-0.25, -0.2) is 0 Å². The molecule has 0 saturated carbocycles. The number of morpholine rings is 1. The maximum atomic E-state index is 12.6. The van der Waals surface area contributed by atoms with Crippen molar-refractivity contribution in [2.24, 2.45) is 0 Å². The molecule has 2 bridgehead atoms. The fourth-order valence-electron chi connectivity index (χ4n) is 4.21. The van der Waals surface area contributed by atoms with Crippen molar-refractivity contribution in [3.05, 3.63) is 24.0 Å². The summed E-state index contributed by atoms with van der Waals surface area (Å²) in [5.74, 6) is -0.0532. The third kappa shape index (κ3) is 2.90. The fraction of sp³-hybridized carbons (Fsp3) is 0.556. The van der Waals surface area contributed by atoms with Gasteiger partial charge in [0.25, 0.3) is 5.91 Å². The first-order valence-corrected chi connectivity index (χ1v) is 9.87. The van der Waals surface area contributed by atoms with Crippen molar-refractivity contribution in [1.82, 2.24) is 15.6 Å². The maximum absolute atomic E-state index is 12.6. The lowest BCUT2D eigenvalue weighted by atomic mass is 9.95. The molecule has 2 aromatic rings. The summed E-state index contributed by atoms with van der Waals surface area (Å²) in [5.41, 5.74) is 0.519.